The number of fused-ring (bicyclic) bond motifs is 1. The van der Waals surface area contributed by atoms with Gasteiger partial charge in [-0.3, -0.25) is 4.90 Å². The molecule has 2 N–H and O–H groups in total. The molecular weight excluding hydrogens is 308 g/mol. The Morgan fingerprint density at radius 2 is 1.80 bits per heavy atom. The van der Waals surface area contributed by atoms with Crippen molar-refractivity contribution in [1.82, 2.24) is 14.3 Å². The van der Waals surface area contributed by atoms with Gasteiger partial charge in [0.25, 0.3) is 0 Å². The second kappa shape index (κ2) is 6.52. The van der Waals surface area contributed by atoms with Crippen molar-refractivity contribution < 1.29 is 0 Å². The Morgan fingerprint density at radius 1 is 1.08 bits per heavy atom. The fraction of sp³-hybridized carbons (Fsp3) is 0.381. The van der Waals surface area contributed by atoms with E-state index >= 15 is 0 Å². The van der Waals surface area contributed by atoms with Crippen LogP contribution in [-0.2, 0) is 6.54 Å². The Hall–Kier alpha value is -2.33. The number of pyridine rings is 1. The number of hydrogen-bond acceptors (Lipinski definition) is 3. The number of nitrogens with zero attached hydrogens (tertiary/aromatic N) is 3. The van der Waals surface area contributed by atoms with Crippen LogP contribution >= 0.6 is 0 Å². The topological polar surface area (TPSA) is 46.6 Å². The molecule has 4 heteroatoms. The molecule has 3 aromatic rings. The van der Waals surface area contributed by atoms with E-state index in [1.165, 1.54) is 29.7 Å². The van der Waals surface area contributed by atoms with Gasteiger partial charge in [0, 0.05) is 24.0 Å². The van der Waals surface area contributed by atoms with Gasteiger partial charge in [-0.15, -0.1) is 0 Å². The molecule has 130 valence electrons. The molecule has 3 heterocycles. The first-order valence-electron chi connectivity index (χ1n) is 9.16. The summed E-state index contributed by atoms with van der Waals surface area (Å²) in [6.07, 6.45) is 4.55. The summed E-state index contributed by atoms with van der Waals surface area (Å²) in [5.41, 5.74) is 12.5. The van der Waals surface area contributed by atoms with Crippen LogP contribution in [0.5, 0.6) is 0 Å². The van der Waals surface area contributed by atoms with Crippen molar-refractivity contribution in [2.75, 3.05) is 18.8 Å². The van der Waals surface area contributed by atoms with Crippen LogP contribution in [0.2, 0.25) is 0 Å². The maximum atomic E-state index is 6.05. The Morgan fingerprint density at radius 3 is 2.52 bits per heavy atom. The third kappa shape index (κ3) is 3.27. The fourth-order valence-electron chi connectivity index (χ4n) is 3.64. The van der Waals surface area contributed by atoms with Crippen molar-refractivity contribution in [1.29, 1.82) is 0 Å². The van der Waals surface area contributed by atoms with Crippen molar-refractivity contribution in [3.05, 3.63) is 53.9 Å². The maximum absolute atomic E-state index is 6.05. The van der Waals surface area contributed by atoms with Crippen LogP contribution in [0.15, 0.2) is 42.6 Å². The quantitative estimate of drug-likeness (QED) is 0.783. The molecule has 1 aromatic carbocycles. The van der Waals surface area contributed by atoms with Gasteiger partial charge in [-0.25, -0.2) is 4.98 Å². The highest BCUT2D eigenvalue weighted by atomic mass is 15.2. The van der Waals surface area contributed by atoms with Gasteiger partial charge < -0.3 is 10.1 Å². The predicted molar refractivity (Wildman–Crippen MR) is 103 cm³/mol. The first-order valence-corrected chi connectivity index (χ1v) is 9.16. The van der Waals surface area contributed by atoms with Crippen LogP contribution in [0.3, 0.4) is 0 Å². The lowest BCUT2D eigenvalue weighted by atomic mass is 9.99. The molecule has 0 radical (unpaired) electrons. The summed E-state index contributed by atoms with van der Waals surface area (Å²) < 4.78 is 2.17. The molecule has 4 rings (SSSR count). The van der Waals surface area contributed by atoms with Crippen LogP contribution < -0.4 is 5.73 Å². The van der Waals surface area contributed by atoms with Gasteiger partial charge in [-0.2, -0.15) is 0 Å². The van der Waals surface area contributed by atoms with Gasteiger partial charge in [0.15, 0.2) is 0 Å². The number of imidazole rings is 1. The van der Waals surface area contributed by atoms with Gasteiger partial charge in [0.1, 0.15) is 5.65 Å². The van der Waals surface area contributed by atoms with Gasteiger partial charge in [-0.05, 0) is 50.9 Å². The van der Waals surface area contributed by atoms with Crippen LogP contribution in [0.25, 0.3) is 16.9 Å². The number of anilines is 1. The number of rotatable bonds is 3. The first-order chi connectivity index (χ1) is 12.1. The minimum atomic E-state index is 0.772. The third-order valence-electron chi connectivity index (χ3n) is 5.31. The Balaban J connectivity index is 1.77. The largest absolute Gasteiger partial charge is 0.398 e. The highest BCUT2D eigenvalue weighted by Gasteiger charge is 2.20. The van der Waals surface area contributed by atoms with E-state index in [1.54, 1.807) is 0 Å². The number of aromatic nitrogens is 2. The first kappa shape index (κ1) is 16.2. The van der Waals surface area contributed by atoms with E-state index in [2.05, 4.69) is 47.4 Å². The van der Waals surface area contributed by atoms with Gasteiger partial charge in [-0.1, -0.05) is 36.8 Å². The summed E-state index contributed by atoms with van der Waals surface area (Å²) >= 11 is 0. The Kier molecular flexibility index (Phi) is 4.22. The molecule has 1 saturated heterocycles. The lowest BCUT2D eigenvalue weighted by molar-refractivity contribution is 0.183. The number of aryl methyl sites for hydroxylation is 1. The molecule has 1 fully saturated rings. The molecule has 25 heavy (non-hydrogen) atoms. The number of nitrogen functional groups attached to an aromatic ring is 1. The molecule has 0 saturated carbocycles. The average Bonchev–Trinajstić information content (AvgIpc) is 2.95. The van der Waals surface area contributed by atoms with E-state index < -0.39 is 0 Å². The summed E-state index contributed by atoms with van der Waals surface area (Å²) in [7, 11) is 0. The molecule has 0 amide bonds. The number of piperidine rings is 1. The van der Waals surface area contributed by atoms with E-state index in [1.807, 2.05) is 18.3 Å². The highest BCUT2D eigenvalue weighted by molar-refractivity contribution is 5.67. The zero-order valence-electron chi connectivity index (χ0n) is 15.1. The summed E-state index contributed by atoms with van der Waals surface area (Å²) in [5, 5.41) is 0. The minimum absolute atomic E-state index is 0.772. The monoisotopic (exact) mass is 334 g/mol. The smallest absolute Gasteiger partial charge is 0.137 e. The molecule has 1 aliphatic heterocycles. The molecule has 0 unspecified atom stereocenters. The second-order valence-corrected chi connectivity index (χ2v) is 7.42. The molecular formula is C21H26N4. The zero-order chi connectivity index (χ0) is 17.4. The van der Waals surface area contributed by atoms with Gasteiger partial charge >= 0.3 is 0 Å². The number of likely N-dealkylation sites (tertiary alicyclic amines) is 1. The molecule has 1 aliphatic rings. The summed E-state index contributed by atoms with van der Waals surface area (Å²) in [6.45, 7) is 7.70. The Bertz CT molecular complexity index is 871. The van der Waals surface area contributed by atoms with E-state index in [4.69, 9.17) is 10.7 Å². The predicted octanol–water partition coefficient (Wildman–Crippen LogP) is 4.12. The van der Waals surface area contributed by atoms with Crippen LogP contribution in [0.1, 0.15) is 31.0 Å². The van der Waals surface area contributed by atoms with Gasteiger partial charge in [0.05, 0.1) is 11.4 Å². The van der Waals surface area contributed by atoms with Crippen LogP contribution in [0, 0.1) is 12.8 Å². The number of nitrogens with two attached hydrogens (primary N) is 1. The lowest BCUT2D eigenvalue weighted by Crippen LogP contribution is -2.32. The lowest BCUT2D eigenvalue weighted by Gasteiger charge is -2.30. The van der Waals surface area contributed by atoms with Crippen LogP contribution in [0.4, 0.5) is 5.69 Å². The minimum Gasteiger partial charge on any atom is -0.398 e. The number of benzene rings is 1. The van der Waals surface area contributed by atoms with Crippen molar-refractivity contribution in [3.8, 4) is 11.3 Å². The summed E-state index contributed by atoms with van der Waals surface area (Å²) in [6, 6.07) is 12.6. The third-order valence-corrected chi connectivity index (χ3v) is 5.31. The zero-order valence-corrected chi connectivity index (χ0v) is 15.1. The fourth-order valence-corrected chi connectivity index (χ4v) is 3.64. The molecule has 0 atom stereocenters. The van der Waals surface area contributed by atoms with E-state index in [9.17, 15) is 0 Å². The van der Waals surface area contributed by atoms with E-state index in [0.717, 1.165) is 42.6 Å². The average molecular weight is 334 g/mol. The summed E-state index contributed by atoms with van der Waals surface area (Å²) in [4.78, 5) is 7.46. The maximum Gasteiger partial charge on any atom is 0.137 e. The van der Waals surface area contributed by atoms with Crippen molar-refractivity contribution in [2.45, 2.75) is 33.2 Å². The van der Waals surface area contributed by atoms with Crippen molar-refractivity contribution in [2.24, 2.45) is 5.92 Å². The molecule has 0 spiro atoms. The normalized spacial score (nSPS) is 16.6. The van der Waals surface area contributed by atoms with E-state index in [-0.39, 0.29) is 0 Å². The Labute approximate surface area is 149 Å². The molecule has 0 bridgehead atoms. The standard InChI is InChI=1S/C21H26N4/c1-15-3-5-17(6-4-15)21-19(14-24-11-9-16(2)10-12-24)25-13-18(22)7-8-20(25)23-21/h3-8,13,16H,9-12,14,22H2,1-2H3. The molecule has 0 aliphatic carbocycles. The second-order valence-electron chi connectivity index (χ2n) is 7.42. The SMILES string of the molecule is Cc1ccc(-c2nc3ccc(N)cn3c2CN2CCC(C)CC2)cc1. The van der Waals surface area contributed by atoms with Crippen molar-refractivity contribution >= 4 is 11.3 Å². The molecule has 2 aromatic heterocycles. The van der Waals surface area contributed by atoms with Crippen molar-refractivity contribution in [3.63, 3.8) is 0 Å². The van der Waals surface area contributed by atoms with E-state index in [0.29, 0.717) is 0 Å². The highest BCUT2D eigenvalue weighted by Crippen LogP contribution is 2.28. The number of hydrogen-bond donors (Lipinski definition) is 1. The van der Waals surface area contributed by atoms with Crippen LogP contribution in [-0.4, -0.2) is 27.4 Å². The summed E-state index contributed by atoms with van der Waals surface area (Å²) in [5.74, 6) is 0.839. The molecule has 4 nitrogen and oxygen atoms in total. The van der Waals surface area contributed by atoms with Gasteiger partial charge in [0.2, 0.25) is 0 Å².